The molecule has 0 bridgehead atoms. The minimum absolute atomic E-state index is 0.325. The van der Waals surface area contributed by atoms with Gasteiger partial charge in [-0.1, -0.05) is 72.8 Å². The number of para-hydroxylation sites is 1. The lowest BCUT2D eigenvalue weighted by Crippen LogP contribution is -2.15. The van der Waals surface area contributed by atoms with Crippen LogP contribution in [0.5, 0.6) is 5.75 Å². The minimum atomic E-state index is 0.325. The highest BCUT2D eigenvalue weighted by Gasteiger charge is 2.27. The number of hydrogen-bond donors (Lipinski definition) is 1. The van der Waals surface area contributed by atoms with E-state index in [1.807, 2.05) is 30.5 Å². The van der Waals surface area contributed by atoms with Crippen LogP contribution in [-0.2, 0) is 13.0 Å². The van der Waals surface area contributed by atoms with E-state index in [-0.39, 0.29) is 0 Å². The van der Waals surface area contributed by atoms with E-state index < -0.39 is 0 Å². The van der Waals surface area contributed by atoms with Crippen LogP contribution in [0.15, 0.2) is 85.1 Å². The standard InChI is InChI=1S/C26H23N3O/c1-30-24-14-8-5-11-19(24)16-27-26-28-17-20-15-23(18-9-3-2-4-10-18)21-12-6-7-13-22(21)25(20)29-26/h2-14,17,23H,15-16H2,1H3,(H,27,28,29). The molecule has 1 unspecified atom stereocenters. The van der Waals surface area contributed by atoms with Crippen LogP contribution in [0.1, 0.15) is 28.2 Å². The van der Waals surface area contributed by atoms with E-state index in [9.17, 15) is 0 Å². The van der Waals surface area contributed by atoms with Crippen LogP contribution < -0.4 is 10.1 Å². The van der Waals surface area contributed by atoms with Crippen LogP contribution in [0.25, 0.3) is 11.3 Å². The van der Waals surface area contributed by atoms with Crippen molar-refractivity contribution in [1.29, 1.82) is 0 Å². The van der Waals surface area contributed by atoms with Gasteiger partial charge in [0.05, 0.1) is 12.8 Å². The van der Waals surface area contributed by atoms with Gasteiger partial charge in [-0.2, -0.15) is 0 Å². The molecule has 4 heteroatoms. The fourth-order valence-corrected chi connectivity index (χ4v) is 4.23. The van der Waals surface area contributed by atoms with Crippen LogP contribution in [-0.4, -0.2) is 17.1 Å². The molecule has 4 aromatic rings. The summed E-state index contributed by atoms with van der Waals surface area (Å²) in [6.07, 6.45) is 2.88. The molecule has 0 aliphatic heterocycles. The molecular formula is C26H23N3O. The van der Waals surface area contributed by atoms with Crippen molar-refractivity contribution in [2.75, 3.05) is 12.4 Å². The summed E-state index contributed by atoms with van der Waals surface area (Å²) in [6, 6.07) is 27.3. The van der Waals surface area contributed by atoms with Gasteiger partial charge in [0.2, 0.25) is 5.95 Å². The van der Waals surface area contributed by atoms with Gasteiger partial charge in [-0.3, -0.25) is 0 Å². The second kappa shape index (κ2) is 7.99. The molecule has 30 heavy (non-hydrogen) atoms. The van der Waals surface area contributed by atoms with Crippen molar-refractivity contribution in [3.8, 4) is 17.0 Å². The highest BCUT2D eigenvalue weighted by Crippen LogP contribution is 2.41. The van der Waals surface area contributed by atoms with E-state index in [2.05, 4.69) is 64.9 Å². The Balaban J connectivity index is 1.47. The van der Waals surface area contributed by atoms with Gasteiger partial charge in [-0.15, -0.1) is 0 Å². The van der Waals surface area contributed by atoms with E-state index in [4.69, 9.17) is 9.72 Å². The van der Waals surface area contributed by atoms with Gasteiger partial charge >= 0.3 is 0 Å². The summed E-state index contributed by atoms with van der Waals surface area (Å²) in [5.74, 6) is 1.82. The van der Waals surface area contributed by atoms with E-state index in [1.165, 1.54) is 22.3 Å². The van der Waals surface area contributed by atoms with Crippen LogP contribution in [0, 0.1) is 0 Å². The zero-order valence-electron chi connectivity index (χ0n) is 16.9. The topological polar surface area (TPSA) is 47.0 Å². The first-order chi connectivity index (χ1) is 14.8. The summed E-state index contributed by atoms with van der Waals surface area (Å²) in [7, 11) is 1.69. The molecule has 1 atom stereocenters. The molecule has 0 amide bonds. The quantitative estimate of drug-likeness (QED) is 0.490. The molecule has 0 saturated heterocycles. The van der Waals surface area contributed by atoms with Crippen molar-refractivity contribution in [2.45, 2.75) is 18.9 Å². The normalized spacial score (nSPS) is 14.5. The third kappa shape index (κ3) is 3.41. The third-order valence-corrected chi connectivity index (χ3v) is 5.71. The Morgan fingerprint density at radius 2 is 1.70 bits per heavy atom. The van der Waals surface area contributed by atoms with E-state index >= 15 is 0 Å². The molecule has 1 aromatic heterocycles. The molecule has 1 heterocycles. The maximum absolute atomic E-state index is 5.44. The molecular weight excluding hydrogens is 370 g/mol. The lowest BCUT2D eigenvalue weighted by Gasteiger charge is -2.27. The predicted molar refractivity (Wildman–Crippen MR) is 120 cm³/mol. The van der Waals surface area contributed by atoms with Crippen molar-refractivity contribution < 1.29 is 4.74 Å². The maximum atomic E-state index is 5.44. The number of methoxy groups -OCH3 is 1. The second-order valence-electron chi connectivity index (χ2n) is 7.49. The van der Waals surface area contributed by atoms with Gasteiger partial charge in [0, 0.05) is 29.8 Å². The maximum Gasteiger partial charge on any atom is 0.223 e. The summed E-state index contributed by atoms with van der Waals surface area (Å²) in [6.45, 7) is 0.608. The number of nitrogens with zero attached hydrogens (tertiary/aromatic N) is 2. The summed E-state index contributed by atoms with van der Waals surface area (Å²) < 4.78 is 5.44. The fraction of sp³-hybridized carbons (Fsp3) is 0.154. The fourth-order valence-electron chi connectivity index (χ4n) is 4.23. The van der Waals surface area contributed by atoms with Gasteiger partial charge in [0.15, 0.2) is 0 Å². The molecule has 0 fully saturated rings. The Kier molecular flexibility index (Phi) is 4.89. The number of benzene rings is 3. The third-order valence-electron chi connectivity index (χ3n) is 5.71. The van der Waals surface area contributed by atoms with E-state index in [0.29, 0.717) is 18.4 Å². The van der Waals surface area contributed by atoms with Crippen molar-refractivity contribution in [3.05, 3.63) is 107 Å². The lowest BCUT2D eigenvalue weighted by atomic mass is 9.78. The Hall–Kier alpha value is -3.66. The van der Waals surface area contributed by atoms with Crippen molar-refractivity contribution in [2.24, 2.45) is 0 Å². The van der Waals surface area contributed by atoms with Crippen LogP contribution in [0.2, 0.25) is 0 Å². The van der Waals surface area contributed by atoms with Crippen molar-refractivity contribution in [1.82, 2.24) is 9.97 Å². The number of fused-ring (bicyclic) bond motifs is 3. The van der Waals surface area contributed by atoms with Crippen molar-refractivity contribution >= 4 is 5.95 Å². The first kappa shape index (κ1) is 18.4. The molecule has 1 aliphatic carbocycles. The highest BCUT2D eigenvalue weighted by atomic mass is 16.5. The summed E-state index contributed by atoms with van der Waals surface area (Å²) in [5, 5.41) is 3.36. The number of ether oxygens (including phenoxy) is 1. The number of rotatable bonds is 5. The Bertz CT molecular complexity index is 1170. The highest BCUT2D eigenvalue weighted by molar-refractivity contribution is 5.72. The molecule has 148 valence electrons. The molecule has 4 nitrogen and oxygen atoms in total. The van der Waals surface area contributed by atoms with E-state index in [1.54, 1.807) is 7.11 Å². The van der Waals surface area contributed by atoms with Gasteiger partial charge < -0.3 is 10.1 Å². The molecule has 0 radical (unpaired) electrons. The molecule has 1 aliphatic rings. The first-order valence-corrected chi connectivity index (χ1v) is 10.2. The molecule has 3 aromatic carbocycles. The SMILES string of the molecule is COc1ccccc1CNc1ncc2c(n1)-c1ccccc1C(c1ccccc1)C2. The Morgan fingerprint density at radius 3 is 2.57 bits per heavy atom. The van der Waals surface area contributed by atoms with Gasteiger partial charge in [0.1, 0.15) is 5.75 Å². The average molecular weight is 393 g/mol. The van der Waals surface area contributed by atoms with E-state index in [0.717, 1.165) is 23.4 Å². The minimum Gasteiger partial charge on any atom is -0.496 e. The van der Waals surface area contributed by atoms with Crippen LogP contribution in [0.4, 0.5) is 5.95 Å². The Morgan fingerprint density at radius 1 is 0.933 bits per heavy atom. The smallest absolute Gasteiger partial charge is 0.223 e. The lowest BCUT2D eigenvalue weighted by molar-refractivity contribution is 0.410. The largest absolute Gasteiger partial charge is 0.496 e. The molecule has 1 N–H and O–H groups in total. The second-order valence-corrected chi connectivity index (χ2v) is 7.49. The first-order valence-electron chi connectivity index (χ1n) is 10.2. The number of anilines is 1. The Labute approximate surface area is 176 Å². The van der Waals surface area contributed by atoms with Gasteiger partial charge in [-0.05, 0) is 29.2 Å². The number of hydrogen-bond acceptors (Lipinski definition) is 4. The van der Waals surface area contributed by atoms with Crippen LogP contribution in [0.3, 0.4) is 0 Å². The average Bonchev–Trinajstić information content (AvgIpc) is 2.83. The van der Waals surface area contributed by atoms with Crippen LogP contribution >= 0.6 is 0 Å². The summed E-state index contributed by atoms with van der Waals surface area (Å²) >= 11 is 0. The van der Waals surface area contributed by atoms with Gasteiger partial charge in [-0.25, -0.2) is 9.97 Å². The van der Waals surface area contributed by atoms with Crippen molar-refractivity contribution in [3.63, 3.8) is 0 Å². The number of aromatic nitrogens is 2. The monoisotopic (exact) mass is 393 g/mol. The molecule has 0 spiro atoms. The number of nitrogens with one attached hydrogen (secondary N) is 1. The zero-order chi connectivity index (χ0) is 20.3. The zero-order valence-corrected chi connectivity index (χ0v) is 16.9. The summed E-state index contributed by atoms with van der Waals surface area (Å²) in [5.41, 5.74) is 7.13. The summed E-state index contributed by atoms with van der Waals surface area (Å²) in [4.78, 5) is 9.49. The molecule has 0 saturated carbocycles. The predicted octanol–water partition coefficient (Wildman–Crippen LogP) is 5.45. The van der Waals surface area contributed by atoms with Gasteiger partial charge in [0.25, 0.3) is 0 Å². The molecule has 5 rings (SSSR count).